The van der Waals surface area contributed by atoms with E-state index < -0.39 is 17.6 Å². The second kappa shape index (κ2) is 5.22. The molecule has 3 rings (SSSR count). The van der Waals surface area contributed by atoms with E-state index >= 15 is 0 Å². The van der Waals surface area contributed by atoms with Crippen molar-refractivity contribution in [3.05, 3.63) is 59.4 Å². The lowest BCUT2D eigenvalue weighted by molar-refractivity contribution is 0.0600. The molecule has 0 atom stereocenters. The van der Waals surface area contributed by atoms with Crippen LogP contribution in [0, 0.1) is 18.6 Å². The Balaban J connectivity index is 2.15. The molecule has 0 N–H and O–H groups in total. The number of aryl methyl sites for hydroxylation is 1. The third-order valence-electron chi connectivity index (χ3n) is 3.39. The van der Waals surface area contributed by atoms with Gasteiger partial charge in [-0.3, -0.25) is 0 Å². The second-order valence-corrected chi connectivity index (χ2v) is 4.88. The molecule has 3 aromatic rings. The van der Waals surface area contributed by atoms with Gasteiger partial charge in [0.25, 0.3) is 0 Å². The van der Waals surface area contributed by atoms with Crippen LogP contribution in [-0.4, -0.2) is 22.5 Å². The topological polar surface area (TPSA) is 43.6 Å². The average molecular weight is 302 g/mol. The van der Waals surface area contributed by atoms with Crippen molar-refractivity contribution in [2.24, 2.45) is 0 Å². The van der Waals surface area contributed by atoms with Crippen LogP contribution in [0.3, 0.4) is 0 Å². The number of halogens is 2. The number of pyridine rings is 1. The molecule has 0 aliphatic carbocycles. The maximum absolute atomic E-state index is 14.0. The molecule has 112 valence electrons. The smallest absolute Gasteiger partial charge is 0.338 e. The Hall–Kier alpha value is -2.76. The van der Waals surface area contributed by atoms with E-state index in [4.69, 9.17) is 0 Å². The predicted octanol–water partition coefficient (Wildman–Crippen LogP) is 3.37. The van der Waals surface area contributed by atoms with Gasteiger partial charge in [-0.15, -0.1) is 0 Å². The lowest BCUT2D eigenvalue weighted by atomic mass is 10.1. The Morgan fingerprint density at radius 2 is 2.05 bits per heavy atom. The summed E-state index contributed by atoms with van der Waals surface area (Å²) >= 11 is 0. The minimum Gasteiger partial charge on any atom is -0.465 e. The maximum Gasteiger partial charge on any atom is 0.338 e. The van der Waals surface area contributed by atoms with Gasteiger partial charge in [-0.1, -0.05) is 0 Å². The zero-order chi connectivity index (χ0) is 15.9. The second-order valence-electron chi connectivity index (χ2n) is 4.88. The van der Waals surface area contributed by atoms with Crippen molar-refractivity contribution in [2.75, 3.05) is 7.11 Å². The van der Waals surface area contributed by atoms with Crippen LogP contribution in [0.25, 0.3) is 16.9 Å². The number of carbonyl (C=O) groups excluding carboxylic acids is 1. The van der Waals surface area contributed by atoms with E-state index in [1.165, 1.54) is 13.2 Å². The number of aromatic nitrogens is 2. The molecule has 1 aromatic carbocycles. The standard InChI is InChI=1S/C16H12F2N2O2/c1-9-5-11(17)7-12(18)15(9)13-8-20-4-3-10(16(21)22-2)6-14(20)19-13/h3-8H,1-2H3. The number of imidazole rings is 1. The van der Waals surface area contributed by atoms with Crippen LogP contribution in [0.1, 0.15) is 15.9 Å². The molecule has 0 aliphatic rings. The van der Waals surface area contributed by atoms with Gasteiger partial charge in [0.2, 0.25) is 0 Å². The van der Waals surface area contributed by atoms with Crippen molar-refractivity contribution in [3.63, 3.8) is 0 Å². The van der Waals surface area contributed by atoms with Crippen LogP contribution in [0.15, 0.2) is 36.7 Å². The van der Waals surface area contributed by atoms with Crippen LogP contribution in [0.4, 0.5) is 8.78 Å². The Morgan fingerprint density at radius 3 is 2.73 bits per heavy atom. The summed E-state index contributed by atoms with van der Waals surface area (Å²) in [5.41, 5.74) is 1.89. The molecular formula is C16H12F2N2O2. The maximum atomic E-state index is 14.0. The lowest BCUT2D eigenvalue weighted by Crippen LogP contribution is -2.01. The predicted molar refractivity (Wildman–Crippen MR) is 76.6 cm³/mol. The number of carbonyl (C=O) groups is 1. The van der Waals surface area contributed by atoms with Gasteiger partial charge in [-0.2, -0.15) is 0 Å². The molecule has 22 heavy (non-hydrogen) atoms. The van der Waals surface area contributed by atoms with E-state index in [1.807, 2.05) is 0 Å². The summed E-state index contributed by atoms with van der Waals surface area (Å²) in [4.78, 5) is 15.8. The fraction of sp³-hybridized carbons (Fsp3) is 0.125. The first kappa shape index (κ1) is 14.2. The Labute approximate surface area is 125 Å². The summed E-state index contributed by atoms with van der Waals surface area (Å²) in [6, 6.07) is 5.21. The van der Waals surface area contributed by atoms with E-state index in [-0.39, 0.29) is 5.56 Å². The highest BCUT2D eigenvalue weighted by Crippen LogP contribution is 2.27. The largest absolute Gasteiger partial charge is 0.465 e. The number of ether oxygens (including phenoxy) is 1. The molecule has 0 amide bonds. The highest BCUT2D eigenvalue weighted by Gasteiger charge is 2.15. The van der Waals surface area contributed by atoms with Crippen molar-refractivity contribution >= 4 is 11.6 Å². The van der Waals surface area contributed by atoms with E-state index in [9.17, 15) is 13.6 Å². The van der Waals surface area contributed by atoms with Crippen molar-refractivity contribution in [2.45, 2.75) is 6.92 Å². The number of esters is 1. The number of benzene rings is 1. The fourth-order valence-corrected chi connectivity index (χ4v) is 2.37. The summed E-state index contributed by atoms with van der Waals surface area (Å²) in [6.07, 6.45) is 3.26. The van der Waals surface area contributed by atoms with E-state index in [0.717, 1.165) is 6.07 Å². The number of rotatable bonds is 2. The molecule has 0 radical (unpaired) electrons. The average Bonchev–Trinajstić information content (AvgIpc) is 2.87. The minimum atomic E-state index is -0.672. The highest BCUT2D eigenvalue weighted by molar-refractivity contribution is 5.90. The zero-order valence-electron chi connectivity index (χ0n) is 11.9. The summed E-state index contributed by atoms with van der Waals surface area (Å²) in [7, 11) is 1.29. The first-order chi connectivity index (χ1) is 10.5. The van der Waals surface area contributed by atoms with Gasteiger partial charge in [-0.05, 0) is 30.7 Å². The Kier molecular flexibility index (Phi) is 3.36. The zero-order valence-corrected chi connectivity index (χ0v) is 11.9. The van der Waals surface area contributed by atoms with Crippen LogP contribution in [0.5, 0.6) is 0 Å². The van der Waals surface area contributed by atoms with Gasteiger partial charge in [0.05, 0.1) is 18.4 Å². The Morgan fingerprint density at radius 1 is 1.27 bits per heavy atom. The molecule has 0 spiro atoms. The van der Waals surface area contributed by atoms with Crippen molar-refractivity contribution in [3.8, 4) is 11.3 Å². The molecule has 2 aromatic heterocycles. The van der Waals surface area contributed by atoms with E-state index in [1.54, 1.807) is 35.9 Å². The molecular weight excluding hydrogens is 290 g/mol. The molecule has 0 aliphatic heterocycles. The normalized spacial score (nSPS) is 10.9. The van der Waals surface area contributed by atoms with Crippen molar-refractivity contribution < 1.29 is 18.3 Å². The van der Waals surface area contributed by atoms with Gasteiger partial charge < -0.3 is 9.14 Å². The van der Waals surface area contributed by atoms with E-state index in [2.05, 4.69) is 9.72 Å². The summed E-state index contributed by atoms with van der Waals surface area (Å²) in [5.74, 6) is -1.78. The molecule has 0 bridgehead atoms. The summed E-state index contributed by atoms with van der Waals surface area (Å²) < 4.78 is 33.5. The SMILES string of the molecule is COC(=O)c1ccn2cc(-c3c(C)cc(F)cc3F)nc2c1. The number of hydrogen-bond donors (Lipinski definition) is 0. The number of nitrogens with zero attached hydrogens (tertiary/aromatic N) is 2. The Bertz CT molecular complexity index is 864. The lowest BCUT2D eigenvalue weighted by Gasteiger charge is -2.04. The number of methoxy groups -OCH3 is 1. The van der Waals surface area contributed by atoms with Gasteiger partial charge in [0, 0.05) is 24.0 Å². The molecule has 4 nitrogen and oxygen atoms in total. The van der Waals surface area contributed by atoms with Gasteiger partial charge in [-0.25, -0.2) is 18.6 Å². The third-order valence-corrected chi connectivity index (χ3v) is 3.39. The molecule has 0 unspecified atom stereocenters. The van der Waals surface area contributed by atoms with Crippen molar-refractivity contribution in [1.82, 2.24) is 9.38 Å². The van der Waals surface area contributed by atoms with Gasteiger partial charge in [0.1, 0.15) is 17.3 Å². The minimum absolute atomic E-state index is 0.240. The fourth-order valence-electron chi connectivity index (χ4n) is 2.37. The molecule has 6 heteroatoms. The van der Waals surface area contributed by atoms with Crippen LogP contribution in [-0.2, 0) is 4.74 Å². The van der Waals surface area contributed by atoms with Gasteiger partial charge in [0.15, 0.2) is 0 Å². The van der Waals surface area contributed by atoms with Crippen LogP contribution >= 0.6 is 0 Å². The molecule has 2 heterocycles. The van der Waals surface area contributed by atoms with Crippen LogP contribution in [0.2, 0.25) is 0 Å². The summed E-state index contributed by atoms with van der Waals surface area (Å²) in [5, 5.41) is 0. The molecule has 0 fully saturated rings. The third kappa shape index (κ3) is 2.32. The van der Waals surface area contributed by atoms with Crippen LogP contribution < -0.4 is 0 Å². The van der Waals surface area contributed by atoms with Crippen molar-refractivity contribution in [1.29, 1.82) is 0 Å². The van der Waals surface area contributed by atoms with Gasteiger partial charge >= 0.3 is 5.97 Å². The first-order valence-corrected chi connectivity index (χ1v) is 6.52. The van der Waals surface area contributed by atoms with E-state index in [0.29, 0.717) is 22.5 Å². The number of fused-ring (bicyclic) bond motifs is 1. The number of hydrogen-bond acceptors (Lipinski definition) is 3. The molecule has 0 saturated heterocycles. The first-order valence-electron chi connectivity index (χ1n) is 6.52. The monoisotopic (exact) mass is 302 g/mol. The summed E-state index contributed by atoms with van der Waals surface area (Å²) in [6.45, 7) is 1.62. The quantitative estimate of drug-likeness (QED) is 0.682. The highest BCUT2D eigenvalue weighted by atomic mass is 19.1. The molecule has 0 saturated carbocycles.